The maximum atomic E-state index is 4.86. The fourth-order valence-electron chi connectivity index (χ4n) is 2.48. The second kappa shape index (κ2) is 6.16. The third-order valence-corrected chi connectivity index (χ3v) is 3.85. The molecule has 0 radical (unpaired) electrons. The molecule has 2 atom stereocenters. The minimum Gasteiger partial charge on any atom is -0.314 e. The first-order chi connectivity index (χ1) is 9.13. The lowest BCUT2D eigenvalue weighted by molar-refractivity contribution is 0.474. The van der Waals surface area contributed by atoms with Crippen LogP contribution in [0.15, 0.2) is 30.3 Å². The molecule has 102 valence electrons. The number of pyridine rings is 1. The number of benzene rings is 1. The molecule has 0 saturated heterocycles. The fourth-order valence-corrected chi connectivity index (χ4v) is 2.48. The van der Waals surface area contributed by atoms with Crippen molar-refractivity contribution in [3.8, 4) is 0 Å². The molecule has 0 fully saturated rings. The first kappa shape index (κ1) is 14.0. The minimum atomic E-state index is 0.427. The smallest absolute Gasteiger partial charge is 0.0705 e. The molecule has 0 bridgehead atoms. The van der Waals surface area contributed by atoms with Gasteiger partial charge in [0.2, 0.25) is 0 Å². The van der Waals surface area contributed by atoms with E-state index in [1.807, 2.05) is 0 Å². The van der Waals surface area contributed by atoms with Gasteiger partial charge < -0.3 is 5.32 Å². The van der Waals surface area contributed by atoms with Gasteiger partial charge in [-0.25, -0.2) is 0 Å². The van der Waals surface area contributed by atoms with Crippen LogP contribution in [-0.4, -0.2) is 17.6 Å². The van der Waals surface area contributed by atoms with Gasteiger partial charge >= 0.3 is 0 Å². The third-order valence-electron chi connectivity index (χ3n) is 3.85. The Kier molecular flexibility index (Phi) is 4.54. The summed E-state index contributed by atoms with van der Waals surface area (Å²) in [7, 11) is 0. The molecule has 0 amide bonds. The molecule has 0 saturated carbocycles. The average molecular weight is 256 g/mol. The summed E-state index contributed by atoms with van der Waals surface area (Å²) in [4.78, 5) is 4.86. The van der Waals surface area contributed by atoms with Gasteiger partial charge in [-0.05, 0) is 44.5 Å². The molecule has 1 N–H and O–H groups in total. The number of para-hydroxylation sites is 1. The quantitative estimate of drug-likeness (QED) is 0.873. The van der Waals surface area contributed by atoms with Crippen molar-refractivity contribution in [2.45, 2.75) is 46.1 Å². The molecule has 2 aromatic rings. The Balaban J connectivity index is 2.30. The second-order valence-corrected chi connectivity index (χ2v) is 5.41. The van der Waals surface area contributed by atoms with Crippen LogP contribution in [-0.2, 0) is 0 Å². The van der Waals surface area contributed by atoms with Crippen LogP contribution in [0.2, 0.25) is 0 Å². The summed E-state index contributed by atoms with van der Waals surface area (Å²) in [6, 6.07) is 11.0. The van der Waals surface area contributed by atoms with E-state index in [0.29, 0.717) is 12.0 Å². The van der Waals surface area contributed by atoms with Gasteiger partial charge in [0, 0.05) is 23.0 Å². The van der Waals surface area contributed by atoms with Crippen LogP contribution >= 0.6 is 0 Å². The molecule has 1 heterocycles. The van der Waals surface area contributed by atoms with Gasteiger partial charge in [-0.2, -0.15) is 0 Å². The molecular formula is C17H24N2. The van der Waals surface area contributed by atoms with Gasteiger partial charge in [-0.15, -0.1) is 0 Å². The van der Waals surface area contributed by atoms with Gasteiger partial charge in [-0.3, -0.25) is 4.98 Å². The molecule has 1 aromatic heterocycles. The van der Waals surface area contributed by atoms with E-state index in [9.17, 15) is 0 Å². The topological polar surface area (TPSA) is 24.9 Å². The van der Waals surface area contributed by atoms with Crippen LogP contribution in [0.25, 0.3) is 10.9 Å². The van der Waals surface area contributed by atoms with Crippen LogP contribution in [0.1, 0.15) is 44.4 Å². The molecule has 1 aromatic carbocycles. The fraction of sp³-hybridized carbons (Fsp3) is 0.471. The summed E-state index contributed by atoms with van der Waals surface area (Å²) < 4.78 is 0. The first-order valence-electron chi connectivity index (χ1n) is 7.23. The minimum absolute atomic E-state index is 0.427. The first-order valence-corrected chi connectivity index (χ1v) is 7.23. The van der Waals surface area contributed by atoms with Crippen LogP contribution < -0.4 is 5.32 Å². The van der Waals surface area contributed by atoms with Crippen molar-refractivity contribution < 1.29 is 0 Å². The predicted octanol–water partition coefficient (Wildman–Crippen LogP) is 4.03. The van der Waals surface area contributed by atoms with E-state index in [4.69, 9.17) is 4.98 Å². The lowest BCUT2D eigenvalue weighted by Crippen LogP contribution is -2.32. The van der Waals surface area contributed by atoms with Gasteiger partial charge in [0.1, 0.15) is 0 Å². The van der Waals surface area contributed by atoms with Gasteiger partial charge in [0.15, 0.2) is 0 Å². The summed E-state index contributed by atoms with van der Waals surface area (Å²) in [5.74, 6) is 0.427. The van der Waals surface area contributed by atoms with Gasteiger partial charge in [0.05, 0.1) is 5.52 Å². The Labute approximate surface area is 116 Å². The van der Waals surface area contributed by atoms with Crippen molar-refractivity contribution in [1.82, 2.24) is 10.3 Å². The van der Waals surface area contributed by atoms with Gasteiger partial charge in [0.25, 0.3) is 0 Å². The number of aromatic nitrogens is 1. The monoisotopic (exact) mass is 256 g/mol. The highest BCUT2D eigenvalue weighted by Crippen LogP contribution is 2.24. The molecule has 0 aliphatic heterocycles. The van der Waals surface area contributed by atoms with E-state index in [1.54, 1.807) is 0 Å². The molecule has 19 heavy (non-hydrogen) atoms. The van der Waals surface area contributed by atoms with Crippen LogP contribution in [0.5, 0.6) is 0 Å². The SMILES string of the molecule is CCCNC(C)C(C)c1nc2ccccc2cc1C. The zero-order valence-corrected chi connectivity index (χ0v) is 12.4. The predicted molar refractivity (Wildman–Crippen MR) is 82.7 cm³/mol. The molecular weight excluding hydrogens is 232 g/mol. The molecule has 0 spiro atoms. The zero-order chi connectivity index (χ0) is 13.8. The molecule has 0 aliphatic carbocycles. The molecule has 0 aliphatic rings. The lowest BCUT2D eigenvalue weighted by atomic mass is 9.94. The lowest BCUT2D eigenvalue weighted by Gasteiger charge is -2.22. The number of nitrogens with one attached hydrogen (secondary N) is 1. The van der Waals surface area contributed by atoms with E-state index in [1.165, 1.54) is 23.1 Å². The highest BCUT2D eigenvalue weighted by Gasteiger charge is 2.17. The van der Waals surface area contributed by atoms with E-state index in [-0.39, 0.29) is 0 Å². The Hall–Kier alpha value is -1.41. The number of nitrogens with zero attached hydrogens (tertiary/aromatic N) is 1. The zero-order valence-electron chi connectivity index (χ0n) is 12.4. The Morgan fingerprint density at radius 2 is 1.95 bits per heavy atom. The number of aryl methyl sites for hydroxylation is 1. The standard InChI is InChI=1S/C17H24N2/c1-5-10-18-14(4)13(3)17-12(2)11-15-8-6-7-9-16(15)19-17/h6-9,11,13-14,18H,5,10H2,1-4H3. The van der Waals surface area contributed by atoms with Crippen molar-refractivity contribution in [2.24, 2.45) is 0 Å². The maximum Gasteiger partial charge on any atom is 0.0705 e. The van der Waals surface area contributed by atoms with E-state index >= 15 is 0 Å². The summed E-state index contributed by atoms with van der Waals surface area (Å²) in [6.07, 6.45) is 1.17. The van der Waals surface area contributed by atoms with E-state index in [2.05, 4.69) is 63.3 Å². The maximum absolute atomic E-state index is 4.86. The molecule has 2 unspecified atom stereocenters. The molecule has 2 rings (SSSR count). The second-order valence-electron chi connectivity index (χ2n) is 5.41. The Morgan fingerprint density at radius 3 is 2.68 bits per heavy atom. The van der Waals surface area contributed by atoms with Crippen molar-refractivity contribution in [2.75, 3.05) is 6.54 Å². The third kappa shape index (κ3) is 3.13. The number of hydrogen-bond donors (Lipinski definition) is 1. The summed E-state index contributed by atoms with van der Waals surface area (Å²) in [5, 5.41) is 4.79. The normalized spacial score (nSPS) is 14.5. The van der Waals surface area contributed by atoms with Gasteiger partial charge in [-0.1, -0.05) is 32.0 Å². The van der Waals surface area contributed by atoms with Crippen molar-refractivity contribution in [3.63, 3.8) is 0 Å². The number of fused-ring (bicyclic) bond motifs is 1. The van der Waals surface area contributed by atoms with E-state index in [0.717, 1.165) is 12.1 Å². The van der Waals surface area contributed by atoms with Crippen molar-refractivity contribution in [1.29, 1.82) is 0 Å². The highest BCUT2D eigenvalue weighted by atomic mass is 14.9. The van der Waals surface area contributed by atoms with Crippen LogP contribution in [0.3, 0.4) is 0 Å². The number of hydrogen-bond acceptors (Lipinski definition) is 2. The summed E-state index contributed by atoms with van der Waals surface area (Å²) >= 11 is 0. The van der Waals surface area contributed by atoms with E-state index < -0.39 is 0 Å². The van der Waals surface area contributed by atoms with Crippen LogP contribution in [0.4, 0.5) is 0 Å². The van der Waals surface area contributed by atoms with Crippen LogP contribution in [0, 0.1) is 6.92 Å². The number of rotatable bonds is 5. The van der Waals surface area contributed by atoms with Crippen molar-refractivity contribution in [3.05, 3.63) is 41.6 Å². The summed E-state index contributed by atoms with van der Waals surface area (Å²) in [6.45, 7) is 9.94. The molecule has 2 heteroatoms. The largest absolute Gasteiger partial charge is 0.314 e. The Morgan fingerprint density at radius 1 is 1.21 bits per heavy atom. The Bertz CT molecular complexity index is 548. The average Bonchev–Trinajstić information content (AvgIpc) is 2.43. The highest BCUT2D eigenvalue weighted by molar-refractivity contribution is 5.79. The van der Waals surface area contributed by atoms with Crippen molar-refractivity contribution >= 4 is 10.9 Å². The summed E-state index contributed by atoms with van der Waals surface area (Å²) in [5.41, 5.74) is 3.60. The molecule has 2 nitrogen and oxygen atoms in total.